The molecule has 0 aliphatic carbocycles. The molecule has 3 aromatic rings. The fraction of sp³-hybridized carbons (Fsp3) is 0.222. The topological polar surface area (TPSA) is 95.5 Å². The second-order valence-electron chi connectivity index (χ2n) is 7.44. The molecule has 0 spiro atoms. The lowest BCUT2D eigenvalue weighted by molar-refractivity contribution is -0.123. The fourth-order valence-corrected chi connectivity index (χ4v) is 3.04. The van der Waals surface area contributed by atoms with Crippen molar-refractivity contribution in [3.63, 3.8) is 0 Å². The number of ether oxygens (including phenoxy) is 4. The van der Waals surface area contributed by atoms with Crippen LogP contribution in [0.15, 0.2) is 71.8 Å². The van der Waals surface area contributed by atoms with Crippen molar-refractivity contribution in [2.75, 3.05) is 19.8 Å². The monoisotopic (exact) mass is 510 g/mol. The first-order chi connectivity index (χ1) is 17.5. The molecule has 0 heterocycles. The molecule has 36 heavy (non-hydrogen) atoms. The Hall–Kier alpha value is -4.04. The standard InChI is InChI=1S/C27H27ClN2O6/c1-3-15-34-22-10-6-20(7-11-22)27(32)36-24-14-5-19(16-25(24)33-4-2)17-29-30-26(31)18-35-23-12-8-21(28)9-13-23/h5-14,16-17H,3-4,15,18H2,1-2H3,(H,30,31). The van der Waals surface area contributed by atoms with E-state index in [4.69, 9.17) is 30.5 Å². The van der Waals surface area contributed by atoms with Gasteiger partial charge in [-0.3, -0.25) is 4.79 Å². The maximum absolute atomic E-state index is 12.6. The maximum atomic E-state index is 12.6. The van der Waals surface area contributed by atoms with Crippen LogP contribution in [-0.2, 0) is 4.79 Å². The van der Waals surface area contributed by atoms with Gasteiger partial charge in [0.15, 0.2) is 18.1 Å². The molecule has 0 saturated heterocycles. The van der Waals surface area contributed by atoms with Crippen LogP contribution in [0.25, 0.3) is 0 Å². The average molecular weight is 511 g/mol. The van der Waals surface area contributed by atoms with Gasteiger partial charge in [0.25, 0.3) is 5.91 Å². The van der Waals surface area contributed by atoms with Crippen molar-refractivity contribution in [1.82, 2.24) is 5.43 Å². The van der Waals surface area contributed by atoms with E-state index >= 15 is 0 Å². The number of halogens is 1. The lowest BCUT2D eigenvalue weighted by atomic mass is 10.2. The summed E-state index contributed by atoms with van der Waals surface area (Å²) < 4.78 is 22.1. The van der Waals surface area contributed by atoms with Crippen molar-refractivity contribution < 1.29 is 28.5 Å². The SMILES string of the molecule is CCCOc1ccc(C(=O)Oc2ccc(C=NNC(=O)COc3ccc(Cl)cc3)cc2OCC)cc1. The summed E-state index contributed by atoms with van der Waals surface area (Å²) in [6.07, 6.45) is 2.35. The third kappa shape index (κ3) is 8.32. The summed E-state index contributed by atoms with van der Waals surface area (Å²) >= 11 is 5.82. The number of nitrogens with one attached hydrogen (secondary N) is 1. The van der Waals surface area contributed by atoms with Crippen LogP contribution in [0.2, 0.25) is 5.02 Å². The predicted octanol–water partition coefficient (Wildman–Crippen LogP) is 5.28. The molecule has 0 saturated carbocycles. The zero-order valence-electron chi connectivity index (χ0n) is 20.0. The molecule has 9 heteroatoms. The molecule has 0 radical (unpaired) electrons. The van der Waals surface area contributed by atoms with Crippen molar-refractivity contribution >= 4 is 29.7 Å². The van der Waals surface area contributed by atoms with E-state index in [1.54, 1.807) is 66.7 Å². The number of nitrogens with zero attached hydrogens (tertiary/aromatic N) is 1. The number of carbonyl (C=O) groups is 2. The van der Waals surface area contributed by atoms with Crippen molar-refractivity contribution in [3.8, 4) is 23.0 Å². The Bertz CT molecular complexity index is 1180. The first-order valence-corrected chi connectivity index (χ1v) is 11.8. The van der Waals surface area contributed by atoms with E-state index in [2.05, 4.69) is 10.5 Å². The minimum atomic E-state index is -0.521. The number of carbonyl (C=O) groups excluding carboxylic acids is 2. The largest absolute Gasteiger partial charge is 0.494 e. The Balaban J connectivity index is 1.57. The van der Waals surface area contributed by atoms with Gasteiger partial charge in [-0.1, -0.05) is 18.5 Å². The number of rotatable bonds is 12. The lowest BCUT2D eigenvalue weighted by Gasteiger charge is -2.12. The van der Waals surface area contributed by atoms with Crippen molar-refractivity contribution in [3.05, 3.63) is 82.9 Å². The number of amides is 1. The maximum Gasteiger partial charge on any atom is 0.343 e. The second-order valence-corrected chi connectivity index (χ2v) is 7.87. The van der Waals surface area contributed by atoms with Crippen LogP contribution in [0.3, 0.4) is 0 Å². The first kappa shape index (κ1) is 26.6. The number of hydrogen-bond acceptors (Lipinski definition) is 7. The van der Waals surface area contributed by atoms with Gasteiger partial charge in [0.1, 0.15) is 11.5 Å². The lowest BCUT2D eigenvalue weighted by Crippen LogP contribution is -2.24. The second kappa shape index (κ2) is 13.7. The summed E-state index contributed by atoms with van der Waals surface area (Å²) in [5, 5.41) is 4.51. The molecular weight excluding hydrogens is 484 g/mol. The van der Waals surface area contributed by atoms with E-state index in [9.17, 15) is 9.59 Å². The van der Waals surface area contributed by atoms with Crippen LogP contribution >= 0.6 is 11.6 Å². The van der Waals surface area contributed by atoms with E-state index in [1.165, 1.54) is 6.21 Å². The third-order valence-corrected chi connectivity index (χ3v) is 4.87. The van der Waals surface area contributed by atoms with Gasteiger partial charge >= 0.3 is 5.97 Å². The van der Waals surface area contributed by atoms with E-state index in [1.807, 2.05) is 13.8 Å². The van der Waals surface area contributed by atoms with Crippen molar-refractivity contribution in [2.24, 2.45) is 5.10 Å². The van der Waals surface area contributed by atoms with E-state index in [0.29, 0.717) is 46.6 Å². The van der Waals surface area contributed by atoms with Gasteiger partial charge in [0.05, 0.1) is 25.0 Å². The smallest absolute Gasteiger partial charge is 0.343 e. The highest BCUT2D eigenvalue weighted by atomic mass is 35.5. The van der Waals surface area contributed by atoms with Gasteiger partial charge in [-0.2, -0.15) is 5.10 Å². The van der Waals surface area contributed by atoms with Crippen molar-refractivity contribution in [2.45, 2.75) is 20.3 Å². The Morgan fingerprint density at radius 3 is 2.28 bits per heavy atom. The van der Waals surface area contributed by atoms with Gasteiger partial charge in [-0.25, -0.2) is 10.2 Å². The van der Waals surface area contributed by atoms with Gasteiger partial charge in [0.2, 0.25) is 0 Å². The minimum absolute atomic E-state index is 0.205. The normalized spacial score (nSPS) is 10.6. The number of hydrazone groups is 1. The van der Waals surface area contributed by atoms with Crippen LogP contribution in [-0.4, -0.2) is 37.9 Å². The summed E-state index contributed by atoms with van der Waals surface area (Å²) in [4.78, 5) is 24.6. The molecule has 1 N–H and O–H groups in total. The Labute approximate surface area is 214 Å². The van der Waals surface area contributed by atoms with E-state index in [0.717, 1.165) is 6.42 Å². The molecule has 3 rings (SSSR count). The van der Waals surface area contributed by atoms with Gasteiger partial charge < -0.3 is 18.9 Å². The molecule has 1 amide bonds. The highest BCUT2D eigenvalue weighted by Gasteiger charge is 2.13. The summed E-state index contributed by atoms with van der Waals surface area (Å²) in [6, 6.07) is 18.4. The molecule has 0 unspecified atom stereocenters. The van der Waals surface area contributed by atoms with Crippen LogP contribution in [0.5, 0.6) is 23.0 Å². The molecule has 0 aliphatic heterocycles. The molecule has 188 valence electrons. The molecule has 0 aliphatic rings. The van der Waals surface area contributed by atoms with Crippen molar-refractivity contribution in [1.29, 1.82) is 0 Å². The summed E-state index contributed by atoms with van der Waals surface area (Å²) in [5.41, 5.74) is 3.41. The number of esters is 1. The molecule has 0 bridgehead atoms. The van der Waals surface area contributed by atoms with Crippen LogP contribution in [0.4, 0.5) is 0 Å². The van der Waals surface area contributed by atoms with Gasteiger partial charge in [-0.05, 0) is 85.6 Å². The van der Waals surface area contributed by atoms with E-state index in [-0.39, 0.29) is 12.4 Å². The number of benzene rings is 3. The fourth-order valence-electron chi connectivity index (χ4n) is 2.91. The Kier molecular flexibility index (Phi) is 10.1. The van der Waals surface area contributed by atoms with E-state index < -0.39 is 11.9 Å². The average Bonchev–Trinajstić information content (AvgIpc) is 2.89. The highest BCUT2D eigenvalue weighted by molar-refractivity contribution is 6.30. The van der Waals surface area contributed by atoms with Gasteiger partial charge in [0, 0.05) is 5.02 Å². The molecule has 0 fully saturated rings. The predicted molar refractivity (Wildman–Crippen MR) is 137 cm³/mol. The summed E-state index contributed by atoms with van der Waals surface area (Å²) in [6.45, 7) is 4.62. The molecule has 0 aromatic heterocycles. The van der Waals surface area contributed by atoms with Gasteiger partial charge in [-0.15, -0.1) is 0 Å². The molecular formula is C27H27ClN2O6. The molecule has 0 atom stereocenters. The van der Waals surface area contributed by atoms with Crippen LogP contribution in [0, 0.1) is 0 Å². The Morgan fingerprint density at radius 2 is 1.58 bits per heavy atom. The van der Waals surface area contributed by atoms with Crippen LogP contribution in [0.1, 0.15) is 36.2 Å². The number of hydrogen-bond donors (Lipinski definition) is 1. The first-order valence-electron chi connectivity index (χ1n) is 11.4. The zero-order valence-corrected chi connectivity index (χ0v) is 20.8. The van der Waals surface area contributed by atoms with Crippen LogP contribution < -0.4 is 24.4 Å². The quantitative estimate of drug-likeness (QED) is 0.154. The summed E-state index contributed by atoms with van der Waals surface area (Å²) in [5.74, 6) is 0.900. The molecule has 3 aromatic carbocycles. The highest BCUT2D eigenvalue weighted by Crippen LogP contribution is 2.29. The Morgan fingerprint density at radius 1 is 0.889 bits per heavy atom. The minimum Gasteiger partial charge on any atom is -0.494 e. The molecule has 8 nitrogen and oxygen atoms in total. The third-order valence-electron chi connectivity index (χ3n) is 4.62. The zero-order chi connectivity index (χ0) is 25.8. The summed E-state index contributed by atoms with van der Waals surface area (Å²) in [7, 11) is 0.